The van der Waals surface area contributed by atoms with E-state index in [1.807, 2.05) is 34.3 Å². The molecule has 13 heteroatoms. The molecule has 0 aliphatic carbocycles. The summed E-state index contributed by atoms with van der Waals surface area (Å²) in [5, 5.41) is 17.0. The van der Waals surface area contributed by atoms with Gasteiger partial charge in [0.1, 0.15) is 32.4 Å². The predicted octanol–water partition coefficient (Wildman–Crippen LogP) is 7.32. The molecule has 0 aliphatic rings. The van der Waals surface area contributed by atoms with Crippen LogP contribution in [0, 0.1) is 0 Å². The van der Waals surface area contributed by atoms with E-state index in [4.69, 9.17) is 14.2 Å². The van der Waals surface area contributed by atoms with Gasteiger partial charge in [-0.25, -0.2) is 4.79 Å². The first-order chi connectivity index (χ1) is 28.6. The standard InChI is InChI=1S/C47H88N4O9/c1-8-9-24-30-44(60-47(57)40-51(6,7)37-39-59-42(3)53)43(54)29-25-20-16-12-13-17-21-26-31-45(55)48-33-27-22-18-14-10-11-15-19-23-28-34-49-46(56)32-35-50(4,5)36-38-58-41(2)52/h20,25,43-44,54H,8-19,21-24,26-40H2,1-7H3/p+2. The van der Waals surface area contributed by atoms with Crippen LogP contribution in [-0.4, -0.2) is 137 Å². The zero-order valence-corrected chi connectivity index (χ0v) is 39.3. The number of amides is 2. The molecule has 2 atom stereocenters. The molecule has 0 aliphatic heterocycles. The summed E-state index contributed by atoms with van der Waals surface area (Å²) in [6, 6.07) is 0. The van der Waals surface area contributed by atoms with Gasteiger partial charge in [-0.1, -0.05) is 103 Å². The number of unbranched alkanes of at least 4 members (excludes halogenated alkanes) is 16. The van der Waals surface area contributed by atoms with Crippen molar-refractivity contribution in [2.45, 2.75) is 181 Å². The molecule has 2 amide bonds. The lowest BCUT2D eigenvalue weighted by Crippen LogP contribution is -2.47. The van der Waals surface area contributed by atoms with Crippen LogP contribution in [0.2, 0.25) is 0 Å². The molecule has 0 saturated carbocycles. The number of nitrogens with zero attached hydrogens (tertiary/aromatic N) is 2. The van der Waals surface area contributed by atoms with Gasteiger partial charge in [0.25, 0.3) is 0 Å². The average Bonchev–Trinajstić information content (AvgIpc) is 3.16. The molecule has 3 N–H and O–H groups in total. The van der Waals surface area contributed by atoms with Gasteiger partial charge in [-0.2, -0.15) is 0 Å². The van der Waals surface area contributed by atoms with Gasteiger partial charge < -0.3 is 38.9 Å². The molecule has 0 radical (unpaired) electrons. The molecule has 2 unspecified atom stereocenters. The van der Waals surface area contributed by atoms with Crippen molar-refractivity contribution in [3.05, 3.63) is 12.2 Å². The SMILES string of the molecule is CCCCCC(OC(=O)C[N+](C)(C)CCOC(C)=O)C(O)CC=CCCCCCCCC(=O)NCCCCCCCCCCCCNC(=O)CC[N+](C)(C)CCOC(C)=O. The van der Waals surface area contributed by atoms with E-state index in [0.717, 1.165) is 103 Å². The number of hydrogen-bond donors (Lipinski definition) is 3. The summed E-state index contributed by atoms with van der Waals surface area (Å²) in [5.74, 6) is -0.717. The van der Waals surface area contributed by atoms with Crippen LogP contribution in [0.1, 0.15) is 168 Å². The summed E-state index contributed by atoms with van der Waals surface area (Å²) in [4.78, 5) is 59.1. The van der Waals surface area contributed by atoms with Crippen LogP contribution in [0.15, 0.2) is 12.2 Å². The number of aliphatic hydroxyl groups excluding tert-OH is 1. The number of rotatable bonds is 40. The molecule has 0 heterocycles. The molecule has 0 spiro atoms. The summed E-state index contributed by atoms with van der Waals surface area (Å²) in [5.41, 5.74) is 0. The van der Waals surface area contributed by atoms with E-state index in [9.17, 15) is 29.1 Å². The van der Waals surface area contributed by atoms with E-state index in [1.165, 1.54) is 52.4 Å². The van der Waals surface area contributed by atoms with Crippen LogP contribution in [-0.2, 0) is 38.2 Å². The summed E-state index contributed by atoms with van der Waals surface area (Å²) >= 11 is 0. The minimum absolute atomic E-state index is 0.0896. The van der Waals surface area contributed by atoms with Gasteiger partial charge in [-0.3, -0.25) is 19.2 Å². The normalized spacial score (nSPS) is 12.9. The lowest BCUT2D eigenvalue weighted by atomic mass is 10.0. The number of nitrogens with one attached hydrogen (secondary N) is 2. The van der Waals surface area contributed by atoms with Gasteiger partial charge in [-0.15, -0.1) is 0 Å². The Labute approximate surface area is 365 Å². The Kier molecular flexibility index (Phi) is 34.8. The summed E-state index contributed by atoms with van der Waals surface area (Å²) < 4.78 is 16.8. The number of carbonyl (C=O) groups excluding carboxylic acids is 5. The fraction of sp³-hybridized carbons (Fsp3) is 0.851. The summed E-state index contributed by atoms with van der Waals surface area (Å²) in [7, 11) is 7.87. The lowest BCUT2D eigenvalue weighted by Gasteiger charge is -2.30. The second kappa shape index (κ2) is 36.6. The maximum atomic E-state index is 12.7. The molecule has 13 nitrogen and oxygen atoms in total. The van der Waals surface area contributed by atoms with Crippen molar-refractivity contribution >= 4 is 29.7 Å². The van der Waals surface area contributed by atoms with Crippen molar-refractivity contribution < 1.29 is 52.3 Å². The van der Waals surface area contributed by atoms with E-state index in [2.05, 4.69) is 23.6 Å². The Morgan fingerprint density at radius 2 is 1.07 bits per heavy atom. The first kappa shape index (κ1) is 57.0. The van der Waals surface area contributed by atoms with Gasteiger partial charge in [0.2, 0.25) is 11.8 Å². The Bertz CT molecular complexity index is 1180. The van der Waals surface area contributed by atoms with Crippen LogP contribution in [0.5, 0.6) is 0 Å². The topological polar surface area (TPSA) is 157 Å². The van der Waals surface area contributed by atoms with Crippen molar-refractivity contribution in [1.29, 1.82) is 0 Å². The Morgan fingerprint density at radius 1 is 0.583 bits per heavy atom. The Hall–Kier alpha value is -3.03. The first-order valence-electron chi connectivity index (χ1n) is 23.5. The van der Waals surface area contributed by atoms with Crippen LogP contribution < -0.4 is 10.6 Å². The molecular formula is C47H90N4O9+2. The maximum absolute atomic E-state index is 12.7. The number of carbonyl (C=O) groups is 5. The van der Waals surface area contributed by atoms with Crippen molar-refractivity contribution in [2.24, 2.45) is 0 Å². The first-order valence-corrected chi connectivity index (χ1v) is 23.5. The van der Waals surface area contributed by atoms with Crippen molar-refractivity contribution in [3.63, 3.8) is 0 Å². The average molecular weight is 855 g/mol. The predicted molar refractivity (Wildman–Crippen MR) is 240 cm³/mol. The third-order valence-corrected chi connectivity index (χ3v) is 10.9. The fourth-order valence-electron chi connectivity index (χ4n) is 6.83. The number of quaternary nitrogens is 2. The van der Waals surface area contributed by atoms with Gasteiger partial charge in [0.05, 0.1) is 47.3 Å². The maximum Gasteiger partial charge on any atom is 0.362 e. The second-order valence-electron chi connectivity index (χ2n) is 18.0. The van der Waals surface area contributed by atoms with Crippen molar-refractivity contribution in [2.75, 3.05) is 80.7 Å². The van der Waals surface area contributed by atoms with E-state index in [0.29, 0.717) is 54.3 Å². The highest BCUT2D eigenvalue weighted by molar-refractivity contribution is 5.76. The molecule has 350 valence electrons. The lowest BCUT2D eigenvalue weighted by molar-refractivity contribution is -0.889. The second-order valence-corrected chi connectivity index (χ2v) is 18.0. The molecule has 0 aromatic heterocycles. The summed E-state index contributed by atoms with van der Waals surface area (Å²) in [6.07, 6.45) is 25.9. The van der Waals surface area contributed by atoms with Gasteiger partial charge in [0.15, 0.2) is 6.54 Å². The number of esters is 3. The molecule has 0 saturated heterocycles. The number of allylic oxidation sites excluding steroid dienone is 1. The van der Waals surface area contributed by atoms with Crippen LogP contribution in [0.25, 0.3) is 0 Å². The Balaban J connectivity index is 3.82. The third kappa shape index (κ3) is 37.9. The zero-order chi connectivity index (χ0) is 44.9. The highest BCUT2D eigenvalue weighted by Gasteiger charge is 2.27. The molecule has 0 aromatic rings. The van der Waals surface area contributed by atoms with E-state index >= 15 is 0 Å². The largest absolute Gasteiger partial charge is 0.460 e. The number of ether oxygens (including phenoxy) is 3. The monoisotopic (exact) mass is 855 g/mol. The van der Waals surface area contributed by atoms with Crippen LogP contribution in [0.4, 0.5) is 0 Å². The van der Waals surface area contributed by atoms with Crippen molar-refractivity contribution in [3.8, 4) is 0 Å². The highest BCUT2D eigenvalue weighted by Crippen LogP contribution is 2.16. The number of aliphatic hydroxyl groups is 1. The number of hydrogen-bond acceptors (Lipinski definition) is 9. The quantitative estimate of drug-likeness (QED) is 0.0189. The molecule has 60 heavy (non-hydrogen) atoms. The van der Waals surface area contributed by atoms with Gasteiger partial charge in [0, 0.05) is 33.4 Å². The molecule has 0 aromatic carbocycles. The highest BCUT2D eigenvalue weighted by atomic mass is 16.6. The Morgan fingerprint density at radius 3 is 1.60 bits per heavy atom. The smallest absolute Gasteiger partial charge is 0.362 e. The molecular weight excluding hydrogens is 765 g/mol. The van der Waals surface area contributed by atoms with Crippen LogP contribution in [0.3, 0.4) is 0 Å². The van der Waals surface area contributed by atoms with E-state index in [1.54, 1.807) is 0 Å². The fourth-order valence-corrected chi connectivity index (χ4v) is 6.83. The minimum atomic E-state index is -0.750. The van der Waals surface area contributed by atoms with Gasteiger partial charge >= 0.3 is 17.9 Å². The zero-order valence-electron chi connectivity index (χ0n) is 39.3. The van der Waals surface area contributed by atoms with Crippen molar-refractivity contribution in [1.82, 2.24) is 10.6 Å². The third-order valence-electron chi connectivity index (χ3n) is 10.9. The molecule has 0 rings (SSSR count). The molecule has 0 fully saturated rings. The van der Waals surface area contributed by atoms with Gasteiger partial charge in [-0.05, 0) is 51.4 Å². The number of likely N-dealkylation sites (N-methyl/N-ethyl adjacent to an activating group) is 2. The van der Waals surface area contributed by atoms with E-state index < -0.39 is 12.2 Å². The molecule has 0 bridgehead atoms. The van der Waals surface area contributed by atoms with E-state index in [-0.39, 0.29) is 42.9 Å². The van der Waals surface area contributed by atoms with Crippen LogP contribution >= 0.6 is 0 Å². The summed E-state index contributed by atoms with van der Waals surface area (Å²) in [6.45, 7) is 9.06. The minimum Gasteiger partial charge on any atom is -0.460 e.